The number of hydrogen-bond donors (Lipinski definition) is 3. The lowest BCUT2D eigenvalue weighted by Gasteiger charge is -2.09. The second kappa shape index (κ2) is 9.23. The molecule has 0 saturated carbocycles. The number of nitrogens with zero attached hydrogens (tertiary/aromatic N) is 3. The molecule has 0 saturated heterocycles. The number of anilines is 3. The molecule has 0 bridgehead atoms. The van der Waals surface area contributed by atoms with Crippen LogP contribution in [0.15, 0.2) is 35.7 Å². The van der Waals surface area contributed by atoms with Crippen LogP contribution < -0.4 is 16.8 Å². The van der Waals surface area contributed by atoms with Crippen LogP contribution in [0.3, 0.4) is 0 Å². The molecule has 0 aliphatic carbocycles. The Labute approximate surface area is 196 Å². The fraction of sp³-hybridized carbons (Fsp3) is 0.136. The molecule has 9 nitrogen and oxygen atoms in total. The molecular weight excluding hydrogens is 460 g/mol. The molecule has 0 atom stereocenters. The molecule has 0 aliphatic heterocycles. The highest BCUT2D eigenvalue weighted by Crippen LogP contribution is 2.42. The Bertz CT molecular complexity index is 1410. The number of esters is 1. The summed E-state index contributed by atoms with van der Waals surface area (Å²) in [6, 6.07) is 11.3. The monoisotopic (exact) mass is 478 g/mol. The highest BCUT2D eigenvalue weighted by molar-refractivity contribution is 7.21. The Morgan fingerprint density at radius 3 is 2.67 bits per heavy atom. The Balaban J connectivity index is 1.71. The number of nitrogens with one attached hydrogen (secondary N) is 1. The first kappa shape index (κ1) is 22.2. The SMILES string of the molecule is CCOC(=O)Cc1csc(NC(=O)c2sc3nc(N)c(C#N)c(-c4ccccc4)c3c2N)n1. The van der Waals surface area contributed by atoms with Crippen molar-refractivity contribution in [3.63, 3.8) is 0 Å². The van der Waals surface area contributed by atoms with E-state index in [4.69, 9.17) is 16.2 Å². The quantitative estimate of drug-likeness (QED) is 0.353. The maximum Gasteiger partial charge on any atom is 0.311 e. The highest BCUT2D eigenvalue weighted by Gasteiger charge is 2.24. The number of carbonyl (C=O) groups is 2. The van der Waals surface area contributed by atoms with E-state index in [1.165, 1.54) is 11.3 Å². The van der Waals surface area contributed by atoms with Gasteiger partial charge < -0.3 is 16.2 Å². The van der Waals surface area contributed by atoms with Crippen molar-refractivity contribution in [2.24, 2.45) is 0 Å². The number of amides is 1. The van der Waals surface area contributed by atoms with Crippen LogP contribution in [0.1, 0.15) is 27.9 Å². The van der Waals surface area contributed by atoms with Crippen LogP contribution >= 0.6 is 22.7 Å². The molecule has 1 amide bonds. The molecule has 5 N–H and O–H groups in total. The molecule has 4 rings (SSSR count). The van der Waals surface area contributed by atoms with Crippen LogP contribution in [0.25, 0.3) is 21.3 Å². The lowest BCUT2D eigenvalue weighted by molar-refractivity contribution is -0.142. The van der Waals surface area contributed by atoms with Gasteiger partial charge in [-0.1, -0.05) is 30.3 Å². The van der Waals surface area contributed by atoms with Crippen LogP contribution in [0.2, 0.25) is 0 Å². The number of thiophene rings is 1. The van der Waals surface area contributed by atoms with Crippen molar-refractivity contribution >= 4 is 61.4 Å². The van der Waals surface area contributed by atoms with Crippen molar-refractivity contribution in [2.75, 3.05) is 23.4 Å². The number of thiazole rings is 1. The molecule has 1 aromatic carbocycles. The van der Waals surface area contributed by atoms with Gasteiger partial charge in [-0.2, -0.15) is 5.26 Å². The van der Waals surface area contributed by atoms with Gasteiger partial charge >= 0.3 is 5.97 Å². The van der Waals surface area contributed by atoms with Crippen LogP contribution in [0, 0.1) is 11.3 Å². The molecule has 0 radical (unpaired) electrons. The number of hydrogen-bond acceptors (Lipinski definition) is 10. The van der Waals surface area contributed by atoms with Crippen LogP contribution in [-0.2, 0) is 16.0 Å². The van der Waals surface area contributed by atoms with Gasteiger partial charge in [0.1, 0.15) is 27.2 Å². The minimum absolute atomic E-state index is 0.0196. The number of aromatic nitrogens is 2. The van der Waals surface area contributed by atoms with Crippen LogP contribution in [0.4, 0.5) is 16.6 Å². The standard InChI is InChI=1S/C22H18N6O3S2/c1-2-31-14(29)8-12-10-32-22(26-12)28-20(30)18-17(24)16-15(11-6-4-3-5-7-11)13(9-23)19(25)27-21(16)33-18/h3-7,10H,2,8,24H2,1H3,(H2,25,27)(H,26,28,30). The van der Waals surface area contributed by atoms with Gasteiger partial charge in [-0.05, 0) is 12.5 Å². The molecule has 0 unspecified atom stereocenters. The van der Waals surface area contributed by atoms with Crippen LogP contribution in [-0.4, -0.2) is 28.5 Å². The van der Waals surface area contributed by atoms with Crippen molar-refractivity contribution in [1.29, 1.82) is 5.26 Å². The van der Waals surface area contributed by atoms with Gasteiger partial charge in [0.15, 0.2) is 5.13 Å². The molecule has 0 spiro atoms. The second-order valence-corrected chi connectivity index (χ2v) is 8.69. The lowest BCUT2D eigenvalue weighted by Crippen LogP contribution is -2.12. The van der Waals surface area contributed by atoms with Gasteiger partial charge in [0, 0.05) is 16.3 Å². The molecule has 4 aromatic rings. The first-order valence-electron chi connectivity index (χ1n) is 9.81. The van der Waals surface area contributed by atoms with E-state index >= 15 is 0 Å². The molecule has 3 aromatic heterocycles. The van der Waals surface area contributed by atoms with Gasteiger partial charge in [-0.25, -0.2) is 9.97 Å². The van der Waals surface area contributed by atoms with Crippen molar-refractivity contribution in [2.45, 2.75) is 13.3 Å². The first-order valence-corrected chi connectivity index (χ1v) is 11.5. The summed E-state index contributed by atoms with van der Waals surface area (Å²) in [5, 5.41) is 14.9. The summed E-state index contributed by atoms with van der Waals surface area (Å²) in [4.78, 5) is 33.9. The number of ether oxygens (including phenoxy) is 1. The number of fused-ring (bicyclic) bond motifs is 1. The minimum Gasteiger partial charge on any atom is -0.466 e. The van der Waals surface area contributed by atoms with E-state index in [2.05, 4.69) is 21.4 Å². The molecule has 166 valence electrons. The van der Waals surface area contributed by atoms with Gasteiger partial charge in [0.25, 0.3) is 5.91 Å². The maximum absolute atomic E-state index is 13.0. The van der Waals surface area contributed by atoms with Gasteiger partial charge in [-0.15, -0.1) is 22.7 Å². The number of carbonyl (C=O) groups excluding carboxylic acids is 2. The van der Waals surface area contributed by atoms with Crippen molar-refractivity contribution < 1.29 is 14.3 Å². The zero-order chi connectivity index (χ0) is 23.5. The predicted molar refractivity (Wildman–Crippen MR) is 129 cm³/mol. The predicted octanol–water partition coefficient (Wildman–Crippen LogP) is 3.81. The number of pyridine rings is 1. The zero-order valence-corrected chi connectivity index (χ0v) is 19.0. The summed E-state index contributed by atoms with van der Waals surface area (Å²) in [6.07, 6.45) is 0.0196. The number of nitrogen functional groups attached to an aromatic ring is 2. The summed E-state index contributed by atoms with van der Waals surface area (Å²) in [7, 11) is 0. The van der Waals surface area contributed by atoms with Crippen LogP contribution in [0.5, 0.6) is 0 Å². The largest absolute Gasteiger partial charge is 0.466 e. The fourth-order valence-electron chi connectivity index (χ4n) is 3.30. The van der Waals surface area contributed by atoms with E-state index in [0.717, 1.165) is 16.9 Å². The van der Waals surface area contributed by atoms with Crippen molar-refractivity contribution in [3.05, 3.63) is 51.8 Å². The van der Waals surface area contributed by atoms with Gasteiger partial charge in [0.05, 0.1) is 24.4 Å². The third kappa shape index (κ3) is 4.34. The molecule has 0 fully saturated rings. The Morgan fingerprint density at radius 1 is 1.21 bits per heavy atom. The third-order valence-electron chi connectivity index (χ3n) is 4.69. The number of rotatable bonds is 6. The normalized spacial score (nSPS) is 10.7. The summed E-state index contributed by atoms with van der Waals surface area (Å²) in [5.41, 5.74) is 14.6. The smallest absolute Gasteiger partial charge is 0.311 e. The molecule has 0 aliphatic rings. The molecule has 33 heavy (non-hydrogen) atoms. The Hall–Kier alpha value is -4.01. The molecule has 3 heterocycles. The van der Waals surface area contributed by atoms with E-state index < -0.39 is 5.91 Å². The van der Waals surface area contributed by atoms with Crippen molar-refractivity contribution in [3.8, 4) is 17.2 Å². The molecule has 11 heteroatoms. The van der Waals surface area contributed by atoms with E-state index in [1.807, 2.05) is 30.3 Å². The average Bonchev–Trinajstić information content (AvgIpc) is 3.37. The maximum atomic E-state index is 13.0. The Kier molecular flexibility index (Phi) is 6.21. The summed E-state index contributed by atoms with van der Waals surface area (Å²) < 4.78 is 4.91. The highest BCUT2D eigenvalue weighted by atomic mass is 32.1. The Morgan fingerprint density at radius 2 is 1.97 bits per heavy atom. The topological polar surface area (TPSA) is 157 Å². The van der Waals surface area contributed by atoms with Crippen molar-refractivity contribution in [1.82, 2.24) is 9.97 Å². The van der Waals surface area contributed by atoms with E-state index in [-0.39, 0.29) is 40.9 Å². The fourth-order valence-corrected chi connectivity index (χ4v) is 5.02. The summed E-state index contributed by atoms with van der Waals surface area (Å²) in [6.45, 7) is 2.01. The van der Waals surface area contributed by atoms with E-state index in [1.54, 1.807) is 12.3 Å². The zero-order valence-electron chi connectivity index (χ0n) is 17.4. The second-order valence-electron chi connectivity index (χ2n) is 6.83. The minimum atomic E-state index is -0.469. The molecular formula is C22H18N6O3S2. The first-order chi connectivity index (χ1) is 15.9. The lowest BCUT2D eigenvalue weighted by atomic mass is 9.97. The van der Waals surface area contributed by atoms with Gasteiger partial charge in [0.2, 0.25) is 0 Å². The number of nitriles is 1. The average molecular weight is 479 g/mol. The number of nitrogens with two attached hydrogens (primary N) is 2. The number of benzene rings is 1. The van der Waals surface area contributed by atoms with E-state index in [0.29, 0.717) is 26.6 Å². The van der Waals surface area contributed by atoms with E-state index in [9.17, 15) is 14.9 Å². The summed E-state index contributed by atoms with van der Waals surface area (Å²) >= 11 is 2.27. The summed E-state index contributed by atoms with van der Waals surface area (Å²) in [5.74, 6) is -0.788. The third-order valence-corrected chi connectivity index (χ3v) is 6.59. The van der Waals surface area contributed by atoms with Gasteiger partial charge in [-0.3, -0.25) is 14.9 Å².